The molecule has 1 heterocycles. The SMILES string of the molecule is COCCOc1cc(CN(C(=O)[C@H]2CNCC[C@@H]2c2ccc(OCCOc3c(Cl)cc(C)cc3Cl)cc2)C2CC2)ccc1OC[C@@H]1C[C@H]1C(=O)O. The number of ether oxygens (including phenoxy) is 5. The van der Waals surface area contributed by atoms with Crippen molar-refractivity contribution in [3.8, 4) is 23.0 Å². The highest BCUT2D eigenvalue weighted by molar-refractivity contribution is 6.37. The van der Waals surface area contributed by atoms with Gasteiger partial charge in [-0.2, -0.15) is 0 Å². The molecule has 4 atom stereocenters. The van der Waals surface area contributed by atoms with Gasteiger partial charge in [-0.25, -0.2) is 0 Å². The van der Waals surface area contributed by atoms with E-state index in [1.165, 1.54) is 0 Å². The number of carbonyl (C=O) groups is 2. The van der Waals surface area contributed by atoms with E-state index in [-0.39, 0.29) is 42.2 Å². The zero-order valence-corrected chi connectivity index (χ0v) is 30.6. The van der Waals surface area contributed by atoms with Gasteiger partial charge < -0.3 is 39.0 Å². The number of amides is 1. The van der Waals surface area contributed by atoms with Crippen molar-refractivity contribution < 1.29 is 38.4 Å². The summed E-state index contributed by atoms with van der Waals surface area (Å²) in [5, 5.41) is 13.7. The van der Waals surface area contributed by atoms with Crippen molar-refractivity contribution in [3.63, 3.8) is 0 Å². The summed E-state index contributed by atoms with van der Waals surface area (Å²) < 4.78 is 28.9. The van der Waals surface area contributed by atoms with Crippen LogP contribution in [0.15, 0.2) is 54.6 Å². The highest BCUT2D eigenvalue weighted by atomic mass is 35.5. The summed E-state index contributed by atoms with van der Waals surface area (Å²) in [7, 11) is 1.61. The smallest absolute Gasteiger partial charge is 0.306 e. The Hall–Kier alpha value is -3.70. The molecule has 3 aliphatic rings. The third-order valence-corrected chi connectivity index (χ3v) is 10.3. The maximum atomic E-state index is 14.3. The zero-order valence-electron chi connectivity index (χ0n) is 29.1. The number of nitrogens with one attached hydrogen (secondary N) is 1. The molecule has 0 aromatic heterocycles. The summed E-state index contributed by atoms with van der Waals surface area (Å²) >= 11 is 12.6. The molecule has 1 aliphatic heterocycles. The number of aliphatic carboxylic acids is 1. The van der Waals surface area contributed by atoms with Crippen molar-refractivity contribution in [2.75, 3.05) is 53.2 Å². The molecule has 3 fully saturated rings. The van der Waals surface area contributed by atoms with Gasteiger partial charge in [0.15, 0.2) is 17.2 Å². The van der Waals surface area contributed by atoms with E-state index in [2.05, 4.69) is 17.4 Å². The van der Waals surface area contributed by atoms with Crippen LogP contribution in [0.2, 0.25) is 10.0 Å². The van der Waals surface area contributed by atoms with Crippen LogP contribution in [0.3, 0.4) is 0 Å². The molecule has 0 radical (unpaired) electrons. The third-order valence-electron chi connectivity index (χ3n) is 9.72. The number of aryl methyl sites for hydroxylation is 1. The number of benzene rings is 3. The lowest BCUT2D eigenvalue weighted by Crippen LogP contribution is -2.47. The molecular weight excluding hydrogens is 695 g/mol. The van der Waals surface area contributed by atoms with Crippen LogP contribution in [0.5, 0.6) is 23.0 Å². The molecule has 2 N–H and O–H groups in total. The van der Waals surface area contributed by atoms with Gasteiger partial charge >= 0.3 is 5.97 Å². The quantitative estimate of drug-likeness (QED) is 0.136. The van der Waals surface area contributed by atoms with Crippen molar-refractivity contribution in [1.29, 1.82) is 0 Å². The number of nitrogens with zero attached hydrogens (tertiary/aromatic N) is 1. The summed E-state index contributed by atoms with van der Waals surface area (Å²) in [4.78, 5) is 27.6. The van der Waals surface area contributed by atoms with Crippen molar-refractivity contribution in [2.24, 2.45) is 17.8 Å². The number of carbonyl (C=O) groups excluding carboxylic acids is 1. The first kappa shape index (κ1) is 37.1. The number of carboxylic acid groups (broad SMARTS) is 1. The number of hydrogen-bond acceptors (Lipinski definition) is 8. The van der Waals surface area contributed by atoms with E-state index < -0.39 is 5.97 Å². The van der Waals surface area contributed by atoms with Crippen molar-refractivity contribution in [1.82, 2.24) is 10.2 Å². The van der Waals surface area contributed by atoms with Crippen LogP contribution in [0, 0.1) is 24.7 Å². The fourth-order valence-corrected chi connectivity index (χ4v) is 7.39. The topological polar surface area (TPSA) is 116 Å². The summed E-state index contributed by atoms with van der Waals surface area (Å²) in [6.07, 6.45) is 3.45. The Morgan fingerprint density at radius 1 is 0.863 bits per heavy atom. The summed E-state index contributed by atoms with van der Waals surface area (Å²) in [5.41, 5.74) is 3.02. The molecule has 1 amide bonds. The van der Waals surface area contributed by atoms with E-state index in [1.54, 1.807) is 7.11 Å². The van der Waals surface area contributed by atoms with Crippen LogP contribution in [-0.4, -0.2) is 81.2 Å². The van der Waals surface area contributed by atoms with Gasteiger partial charge in [0, 0.05) is 32.2 Å². The number of piperidine rings is 1. The first-order chi connectivity index (χ1) is 24.7. The third kappa shape index (κ3) is 9.80. The minimum Gasteiger partial charge on any atom is -0.490 e. The number of halogens is 2. The van der Waals surface area contributed by atoms with Crippen LogP contribution in [0.4, 0.5) is 0 Å². The standard InChI is InChI=1S/C39H46Cl2N2O8/c1-24-17-33(40)37(34(41)18-24)50-16-15-48-29-8-4-26(5-9-29)30-11-12-42-21-32(30)38(44)43(28-6-7-28)22-25-3-10-35(36(19-25)49-14-13-47-2)51-23-27-20-31(27)39(45)46/h3-5,8-10,17-19,27-28,30-32,42H,6-7,11-16,20-23H2,1-2H3,(H,45,46)/t27-,30+,31+,32-/m0/s1. The molecule has 0 spiro atoms. The minimum atomic E-state index is -0.782. The van der Waals surface area contributed by atoms with Gasteiger partial charge in [0.2, 0.25) is 5.91 Å². The molecule has 0 bridgehead atoms. The molecule has 1 saturated heterocycles. The van der Waals surface area contributed by atoms with E-state index in [0.717, 1.165) is 48.2 Å². The van der Waals surface area contributed by atoms with Crippen LogP contribution in [0.1, 0.15) is 48.3 Å². The molecule has 6 rings (SSSR count). The molecule has 3 aromatic rings. The predicted octanol–water partition coefficient (Wildman–Crippen LogP) is 6.77. The predicted molar refractivity (Wildman–Crippen MR) is 194 cm³/mol. The van der Waals surface area contributed by atoms with Crippen molar-refractivity contribution >= 4 is 35.1 Å². The normalized spacial score (nSPS) is 21.1. The molecule has 12 heteroatoms. The lowest BCUT2D eigenvalue weighted by molar-refractivity contribution is -0.139. The average Bonchev–Trinajstić information content (AvgIpc) is 4.05. The van der Waals surface area contributed by atoms with E-state index >= 15 is 0 Å². The Labute approximate surface area is 309 Å². The lowest BCUT2D eigenvalue weighted by atomic mass is 9.80. The fraction of sp³-hybridized carbons (Fsp3) is 0.487. The second kappa shape index (κ2) is 17.2. The Balaban J connectivity index is 1.08. The van der Waals surface area contributed by atoms with Gasteiger partial charge in [0.25, 0.3) is 0 Å². The summed E-state index contributed by atoms with van der Waals surface area (Å²) in [6.45, 7) is 5.53. The number of rotatable bonds is 18. The lowest BCUT2D eigenvalue weighted by Gasteiger charge is -2.36. The van der Waals surface area contributed by atoms with Gasteiger partial charge in [-0.05, 0) is 98.2 Å². The largest absolute Gasteiger partial charge is 0.490 e. The van der Waals surface area contributed by atoms with Gasteiger partial charge in [-0.1, -0.05) is 41.4 Å². The Morgan fingerprint density at radius 3 is 2.27 bits per heavy atom. The molecule has 10 nitrogen and oxygen atoms in total. The second-order valence-electron chi connectivity index (χ2n) is 13.6. The van der Waals surface area contributed by atoms with Gasteiger partial charge in [-0.3, -0.25) is 9.59 Å². The average molecular weight is 742 g/mol. The maximum absolute atomic E-state index is 14.3. The molecule has 3 aromatic carbocycles. The maximum Gasteiger partial charge on any atom is 0.306 e. The van der Waals surface area contributed by atoms with E-state index in [9.17, 15) is 14.7 Å². The molecule has 0 unspecified atom stereocenters. The zero-order chi connectivity index (χ0) is 35.9. The first-order valence-electron chi connectivity index (χ1n) is 17.6. The molecule has 274 valence electrons. The van der Waals surface area contributed by atoms with Gasteiger partial charge in [0.1, 0.15) is 25.6 Å². The number of methoxy groups -OCH3 is 1. The van der Waals surface area contributed by atoms with Crippen LogP contribution in [-0.2, 0) is 20.9 Å². The Morgan fingerprint density at radius 2 is 1.59 bits per heavy atom. The summed E-state index contributed by atoms with van der Waals surface area (Å²) in [6, 6.07) is 17.6. The number of hydrogen-bond donors (Lipinski definition) is 2. The molecule has 2 saturated carbocycles. The van der Waals surface area contributed by atoms with E-state index in [1.807, 2.05) is 54.3 Å². The highest BCUT2D eigenvalue weighted by Gasteiger charge is 2.44. The molecule has 51 heavy (non-hydrogen) atoms. The van der Waals surface area contributed by atoms with E-state index in [4.69, 9.17) is 46.9 Å². The Kier molecular flexibility index (Phi) is 12.5. The van der Waals surface area contributed by atoms with Crippen molar-refractivity contribution in [3.05, 3.63) is 81.3 Å². The highest BCUT2D eigenvalue weighted by Crippen LogP contribution is 2.41. The van der Waals surface area contributed by atoms with E-state index in [0.29, 0.717) is 73.2 Å². The van der Waals surface area contributed by atoms with Crippen LogP contribution < -0.4 is 24.3 Å². The Bertz CT molecular complexity index is 1640. The van der Waals surface area contributed by atoms with Crippen LogP contribution in [0.25, 0.3) is 0 Å². The molecule has 2 aliphatic carbocycles. The minimum absolute atomic E-state index is 0.00176. The van der Waals surface area contributed by atoms with Gasteiger partial charge in [0.05, 0.1) is 35.1 Å². The second-order valence-corrected chi connectivity index (χ2v) is 14.4. The first-order valence-corrected chi connectivity index (χ1v) is 18.4. The van der Waals surface area contributed by atoms with Crippen molar-refractivity contribution in [2.45, 2.75) is 51.1 Å². The number of carboxylic acids is 1. The fourth-order valence-electron chi connectivity index (χ4n) is 6.69. The summed E-state index contributed by atoms with van der Waals surface area (Å²) in [5.74, 6) is 1.19. The molecular formula is C39H46Cl2N2O8. The van der Waals surface area contributed by atoms with Crippen LogP contribution >= 0.6 is 23.2 Å². The van der Waals surface area contributed by atoms with Gasteiger partial charge in [-0.15, -0.1) is 0 Å². The monoisotopic (exact) mass is 740 g/mol.